The Kier molecular flexibility index (Phi) is 30.2. The van der Waals surface area contributed by atoms with Crippen LogP contribution in [0.3, 0.4) is 0 Å². The van der Waals surface area contributed by atoms with Crippen LogP contribution in [0.1, 0.15) is 66.2 Å². The van der Waals surface area contributed by atoms with Gasteiger partial charge in [-0.25, -0.2) is 0 Å². The summed E-state index contributed by atoms with van der Waals surface area (Å²) in [6.45, 7) is 7.63. The molecule has 0 fully saturated rings. The predicted octanol–water partition coefficient (Wildman–Crippen LogP) is -2.20. The second kappa shape index (κ2) is 25.1. The van der Waals surface area contributed by atoms with Crippen molar-refractivity contribution in [3.05, 3.63) is 0 Å². The molecule has 0 aliphatic carbocycles. The molecule has 0 atom stereocenters. The molecule has 11 heteroatoms. The van der Waals surface area contributed by atoms with Crippen molar-refractivity contribution in [2.75, 3.05) is 6.61 Å². The fraction of sp³-hybridized carbons (Fsp3) is 0.647. The first-order valence-corrected chi connectivity index (χ1v) is 8.98. The summed E-state index contributed by atoms with van der Waals surface area (Å²) in [6, 6.07) is 0. The molecule has 0 unspecified atom stereocenters. The van der Waals surface area contributed by atoms with Gasteiger partial charge in [-0.1, -0.05) is 20.8 Å². The van der Waals surface area contributed by atoms with E-state index in [9.17, 15) is 44.1 Å². The van der Waals surface area contributed by atoms with Crippen LogP contribution in [0.4, 0.5) is 0 Å². The maximum atomic E-state index is 10.2. The molecule has 0 bridgehead atoms. The van der Waals surface area contributed by atoms with Gasteiger partial charge in [0.1, 0.15) is 17.3 Å². The quantitative estimate of drug-likeness (QED) is 0.268. The van der Waals surface area contributed by atoms with E-state index in [2.05, 4.69) is 3.32 Å². The third-order valence-electron chi connectivity index (χ3n) is 2.35. The Morgan fingerprint density at radius 1 is 0.607 bits per heavy atom. The van der Waals surface area contributed by atoms with Crippen LogP contribution in [0.2, 0.25) is 0 Å². The van der Waals surface area contributed by atoms with E-state index in [1.165, 1.54) is 0 Å². The molecule has 0 saturated heterocycles. The van der Waals surface area contributed by atoms with E-state index in [1.54, 1.807) is 41.6 Å². The molecule has 0 radical (unpaired) electrons. The summed E-state index contributed by atoms with van der Waals surface area (Å²) in [6.07, 6.45) is -0.528. The van der Waals surface area contributed by atoms with Gasteiger partial charge in [0, 0.05) is 56.4 Å². The number of hydrogen-bond acceptors (Lipinski definition) is 10. The topological polar surface area (TPSA) is 181 Å². The van der Waals surface area contributed by atoms with Crippen molar-refractivity contribution in [3.63, 3.8) is 0 Å². The summed E-state index contributed by atoms with van der Waals surface area (Å²) in [7, 11) is 0. The maximum absolute atomic E-state index is 10.2. The average Bonchev–Trinajstić information content (AvgIpc) is 2.61. The standard InChI is InChI=1S/3C5H8O3.C2H5O.Ti/c3*1-2-4(6)3-5(7)8;1-2-3;/h3*2-3H2,1H3,(H,7,8);2H2,1H3;/q;;;-1;+4/p-3. The van der Waals surface area contributed by atoms with Crippen LogP contribution in [0.25, 0.3) is 0 Å². The zero-order valence-electron chi connectivity index (χ0n) is 16.5. The van der Waals surface area contributed by atoms with Crippen molar-refractivity contribution in [2.45, 2.75) is 66.2 Å². The Labute approximate surface area is 176 Å². The molecular weight excluding hydrogens is 412 g/mol. The summed E-state index contributed by atoms with van der Waals surface area (Å²) in [5.41, 5.74) is 0. The van der Waals surface area contributed by atoms with Crippen LogP contribution in [0.15, 0.2) is 0 Å². The Balaban J connectivity index is -0.000000141. The number of carboxylic acid groups (broad SMARTS) is 3. The third-order valence-corrected chi connectivity index (χ3v) is 2.80. The van der Waals surface area contributed by atoms with Gasteiger partial charge in [-0.3, -0.25) is 14.4 Å². The summed E-state index contributed by atoms with van der Waals surface area (Å²) in [5, 5.41) is 28.9. The third kappa shape index (κ3) is 44.0. The van der Waals surface area contributed by atoms with E-state index in [0.29, 0.717) is 0 Å². The molecule has 0 rings (SSSR count). The molecular formula is C17H26O10Ti. The van der Waals surface area contributed by atoms with Crippen LogP contribution >= 0.6 is 0 Å². The van der Waals surface area contributed by atoms with E-state index in [1.807, 2.05) is 6.92 Å². The van der Waals surface area contributed by atoms with E-state index in [4.69, 9.17) is 0 Å². The second-order valence-electron chi connectivity index (χ2n) is 4.76. The minimum absolute atomic E-state index is 0.272. The molecule has 0 heterocycles. The molecule has 0 aromatic heterocycles. The number of ketones is 3. The summed E-state index contributed by atoms with van der Waals surface area (Å²) >= 11 is 1.68. The van der Waals surface area contributed by atoms with Crippen molar-refractivity contribution in [2.24, 2.45) is 0 Å². The molecule has 0 saturated carbocycles. The molecule has 0 amide bonds. The number of carbonyl (C=O) groups excluding carboxylic acids is 6. The number of Topliss-reactive ketones (excluding diaryl/α,β-unsaturated/α-hetero) is 3. The first kappa shape index (κ1) is 33.7. The Morgan fingerprint density at radius 2 is 0.786 bits per heavy atom. The molecule has 158 valence electrons. The Hall–Kier alpha value is -1.91. The number of rotatable bonds is 10. The van der Waals surface area contributed by atoms with Gasteiger partial charge in [0.25, 0.3) is 0 Å². The normalized spacial score (nSPS) is 8.50. The minimum atomic E-state index is -1.29. The van der Waals surface area contributed by atoms with Crippen LogP contribution in [0, 0.1) is 0 Å². The van der Waals surface area contributed by atoms with Gasteiger partial charge in [-0.05, 0) is 0 Å². The summed E-state index contributed by atoms with van der Waals surface area (Å²) in [5.74, 6) is -4.74. The molecule has 0 aromatic carbocycles. The second-order valence-corrected chi connectivity index (χ2v) is 5.21. The molecule has 0 aromatic rings. The first-order chi connectivity index (χ1) is 12.9. The molecule has 0 N–H and O–H groups in total. The monoisotopic (exact) mass is 438 g/mol. The number of aliphatic carboxylic acids is 3. The van der Waals surface area contributed by atoms with Gasteiger partial charge < -0.3 is 29.7 Å². The molecule has 10 nitrogen and oxygen atoms in total. The first-order valence-electron chi connectivity index (χ1n) is 8.34. The van der Waals surface area contributed by atoms with Gasteiger partial charge in [0.15, 0.2) is 0 Å². The van der Waals surface area contributed by atoms with Crippen LogP contribution < -0.4 is 15.3 Å². The molecule has 0 aliphatic rings. The van der Waals surface area contributed by atoms with Crippen molar-refractivity contribution in [1.29, 1.82) is 0 Å². The zero-order valence-corrected chi connectivity index (χ0v) is 18.1. The van der Waals surface area contributed by atoms with Gasteiger partial charge in [-0.15, -0.1) is 0 Å². The number of carboxylic acids is 3. The predicted molar refractivity (Wildman–Crippen MR) is 86.4 cm³/mol. The van der Waals surface area contributed by atoms with E-state index < -0.39 is 37.2 Å². The molecule has 0 aliphatic heterocycles. The van der Waals surface area contributed by atoms with Crippen molar-refractivity contribution < 1.29 is 68.2 Å². The summed E-state index contributed by atoms with van der Waals surface area (Å²) < 4.78 is 4.54. The van der Waals surface area contributed by atoms with Crippen LogP contribution in [-0.2, 0) is 52.9 Å². The Morgan fingerprint density at radius 3 is 0.821 bits per heavy atom. The summed E-state index contributed by atoms with van der Waals surface area (Å²) in [4.78, 5) is 59.5. The number of hydrogen-bond donors (Lipinski definition) is 0. The van der Waals surface area contributed by atoms with Crippen molar-refractivity contribution in [3.8, 4) is 0 Å². The number of carbonyl (C=O) groups is 6. The van der Waals surface area contributed by atoms with E-state index in [-0.39, 0.29) is 36.6 Å². The average molecular weight is 438 g/mol. The van der Waals surface area contributed by atoms with Crippen LogP contribution in [-0.4, -0.2) is 41.9 Å². The van der Waals surface area contributed by atoms with Gasteiger partial charge in [0.2, 0.25) is 0 Å². The SMILES string of the molecule is CCC(=O)CC(=O)[O-].CCC(=O)CC(=O)[O-].CCC(=O)CC(=O)[O-].CC[O][Ti+3]. The van der Waals surface area contributed by atoms with E-state index >= 15 is 0 Å². The molecule has 0 spiro atoms. The van der Waals surface area contributed by atoms with Crippen molar-refractivity contribution >= 4 is 35.3 Å². The van der Waals surface area contributed by atoms with Crippen LogP contribution in [0.5, 0.6) is 0 Å². The van der Waals surface area contributed by atoms with Crippen molar-refractivity contribution in [1.82, 2.24) is 0 Å². The van der Waals surface area contributed by atoms with Gasteiger partial charge >= 0.3 is 37.7 Å². The fourth-order valence-corrected chi connectivity index (χ4v) is 0.858. The zero-order chi connectivity index (χ0) is 23.1. The van der Waals surface area contributed by atoms with Gasteiger partial charge in [-0.2, -0.15) is 0 Å². The van der Waals surface area contributed by atoms with E-state index in [0.717, 1.165) is 6.61 Å². The van der Waals surface area contributed by atoms with Gasteiger partial charge in [0.05, 0.1) is 0 Å². The Bertz CT molecular complexity index is 420. The fourth-order valence-electron chi connectivity index (χ4n) is 0.858. The molecule has 28 heavy (non-hydrogen) atoms.